The lowest BCUT2D eigenvalue weighted by Crippen LogP contribution is -2.18. The van der Waals surface area contributed by atoms with Crippen LogP contribution in [0.1, 0.15) is 53.4 Å². The minimum Gasteiger partial charge on any atom is -0.393 e. The summed E-state index contributed by atoms with van der Waals surface area (Å²) < 4.78 is 0. The van der Waals surface area contributed by atoms with E-state index in [1.165, 1.54) is 5.57 Å². The molecule has 0 aromatic rings. The van der Waals surface area contributed by atoms with Crippen molar-refractivity contribution in [1.82, 2.24) is 0 Å². The molecule has 0 heterocycles. The molecule has 2 heteroatoms. The highest BCUT2D eigenvalue weighted by Crippen LogP contribution is 2.68. The van der Waals surface area contributed by atoms with Gasteiger partial charge in [0.25, 0.3) is 0 Å². The number of fused-ring (bicyclic) bond motifs is 1. The Morgan fingerprint density at radius 1 is 1.53 bits per heavy atom. The average Bonchev–Trinajstić information content (AvgIpc) is 2.76. The first-order chi connectivity index (χ1) is 7.86. The van der Waals surface area contributed by atoms with E-state index in [1.807, 2.05) is 20.8 Å². The number of carbonyl (C=O) groups is 1. The van der Waals surface area contributed by atoms with Crippen LogP contribution in [0.15, 0.2) is 11.1 Å². The summed E-state index contributed by atoms with van der Waals surface area (Å²) in [7, 11) is 0. The summed E-state index contributed by atoms with van der Waals surface area (Å²) in [5.74, 6) is 1.70. The van der Waals surface area contributed by atoms with Crippen LogP contribution in [-0.2, 0) is 4.79 Å². The van der Waals surface area contributed by atoms with Gasteiger partial charge in [0.1, 0.15) is 0 Å². The molecule has 4 atom stereocenters. The van der Waals surface area contributed by atoms with Crippen molar-refractivity contribution < 1.29 is 9.90 Å². The van der Waals surface area contributed by atoms with Crippen molar-refractivity contribution >= 4 is 5.78 Å². The van der Waals surface area contributed by atoms with Gasteiger partial charge in [-0.25, -0.2) is 0 Å². The summed E-state index contributed by atoms with van der Waals surface area (Å²) in [6.45, 7) is 8.19. The normalized spacial score (nSPS) is 37.7. The average molecular weight is 236 g/mol. The summed E-state index contributed by atoms with van der Waals surface area (Å²) >= 11 is 0. The number of allylic oxidation sites excluding steroid dienone is 2. The molecule has 0 aromatic carbocycles. The molecule has 2 saturated carbocycles. The van der Waals surface area contributed by atoms with Crippen molar-refractivity contribution in [3.05, 3.63) is 11.1 Å². The van der Waals surface area contributed by atoms with Gasteiger partial charge in [-0.05, 0) is 62.9 Å². The Morgan fingerprint density at radius 3 is 2.71 bits per heavy atom. The third kappa shape index (κ3) is 2.20. The fourth-order valence-corrected chi connectivity index (χ4v) is 3.62. The van der Waals surface area contributed by atoms with Crippen LogP contribution >= 0.6 is 0 Å². The van der Waals surface area contributed by atoms with Crippen LogP contribution in [-0.4, -0.2) is 17.0 Å². The van der Waals surface area contributed by atoms with Crippen molar-refractivity contribution in [3.8, 4) is 0 Å². The predicted octanol–water partition coefficient (Wildman–Crippen LogP) is 3.10. The largest absolute Gasteiger partial charge is 0.393 e. The van der Waals surface area contributed by atoms with Gasteiger partial charge in [-0.2, -0.15) is 0 Å². The number of hydrogen-bond acceptors (Lipinski definition) is 2. The summed E-state index contributed by atoms with van der Waals surface area (Å²) in [5, 5.41) is 9.36. The zero-order valence-corrected chi connectivity index (χ0v) is 11.4. The maximum absolute atomic E-state index is 12.1. The van der Waals surface area contributed by atoms with Crippen molar-refractivity contribution in [1.29, 1.82) is 0 Å². The third-order valence-corrected chi connectivity index (χ3v) is 4.87. The van der Waals surface area contributed by atoms with Gasteiger partial charge < -0.3 is 5.11 Å². The fourth-order valence-electron chi connectivity index (χ4n) is 3.62. The molecule has 0 spiro atoms. The first-order valence-electron chi connectivity index (χ1n) is 6.74. The lowest BCUT2D eigenvalue weighted by Gasteiger charge is -2.19. The van der Waals surface area contributed by atoms with E-state index in [0.29, 0.717) is 17.6 Å². The summed E-state index contributed by atoms with van der Waals surface area (Å²) in [6.07, 6.45) is 3.43. The Hall–Kier alpha value is -0.630. The van der Waals surface area contributed by atoms with Gasteiger partial charge in [0.15, 0.2) is 5.78 Å². The van der Waals surface area contributed by atoms with Crippen LogP contribution in [0.5, 0.6) is 0 Å². The molecule has 96 valence electrons. The van der Waals surface area contributed by atoms with Crippen molar-refractivity contribution in [2.24, 2.45) is 17.3 Å². The minimum atomic E-state index is -0.208. The van der Waals surface area contributed by atoms with Gasteiger partial charge in [0.05, 0.1) is 6.10 Å². The van der Waals surface area contributed by atoms with Gasteiger partial charge in [-0.1, -0.05) is 12.5 Å². The van der Waals surface area contributed by atoms with E-state index in [1.54, 1.807) is 0 Å². The van der Waals surface area contributed by atoms with E-state index in [9.17, 15) is 9.90 Å². The van der Waals surface area contributed by atoms with E-state index in [0.717, 1.165) is 31.3 Å². The van der Waals surface area contributed by atoms with E-state index in [-0.39, 0.29) is 11.5 Å². The maximum atomic E-state index is 12.1. The number of Topliss-reactive ketones (excluding diaryl/α,β-unsaturated/α-hetero) is 1. The second kappa shape index (κ2) is 4.24. The molecule has 0 saturated heterocycles. The first-order valence-corrected chi connectivity index (χ1v) is 6.74. The van der Waals surface area contributed by atoms with Crippen molar-refractivity contribution in [3.63, 3.8) is 0 Å². The van der Waals surface area contributed by atoms with E-state index < -0.39 is 0 Å². The van der Waals surface area contributed by atoms with Gasteiger partial charge in [-0.15, -0.1) is 0 Å². The highest BCUT2D eigenvalue weighted by Gasteiger charge is 2.63. The highest BCUT2D eigenvalue weighted by molar-refractivity contribution is 5.98. The molecule has 0 aromatic heterocycles. The molecule has 2 fully saturated rings. The SMILES string of the molecule is CC(C)=C1CC2C(CCC(C)O)[C@]2(C)CC1=O. The third-order valence-electron chi connectivity index (χ3n) is 4.87. The number of hydrogen-bond donors (Lipinski definition) is 1. The fraction of sp³-hybridized carbons (Fsp3) is 0.800. The Morgan fingerprint density at radius 2 is 2.18 bits per heavy atom. The molecule has 0 amide bonds. The Bertz CT molecular complexity index is 363. The molecule has 0 radical (unpaired) electrons. The Balaban J connectivity index is 2.04. The summed E-state index contributed by atoms with van der Waals surface area (Å²) in [6, 6.07) is 0. The number of aliphatic hydroxyl groups is 1. The lowest BCUT2D eigenvalue weighted by molar-refractivity contribution is -0.117. The molecule has 0 aliphatic heterocycles. The molecule has 3 unspecified atom stereocenters. The van der Waals surface area contributed by atoms with E-state index in [4.69, 9.17) is 0 Å². The number of carbonyl (C=O) groups excluding carboxylic acids is 1. The predicted molar refractivity (Wildman–Crippen MR) is 68.6 cm³/mol. The van der Waals surface area contributed by atoms with Gasteiger partial charge in [0, 0.05) is 6.42 Å². The molecular weight excluding hydrogens is 212 g/mol. The maximum Gasteiger partial charge on any atom is 0.159 e. The van der Waals surface area contributed by atoms with Gasteiger partial charge >= 0.3 is 0 Å². The molecule has 17 heavy (non-hydrogen) atoms. The lowest BCUT2D eigenvalue weighted by atomic mass is 9.84. The topological polar surface area (TPSA) is 37.3 Å². The van der Waals surface area contributed by atoms with E-state index >= 15 is 0 Å². The van der Waals surface area contributed by atoms with Gasteiger partial charge in [-0.3, -0.25) is 4.79 Å². The van der Waals surface area contributed by atoms with Crippen LogP contribution in [0.25, 0.3) is 0 Å². The number of ketones is 1. The summed E-state index contributed by atoms with van der Waals surface area (Å²) in [4.78, 5) is 12.1. The second-order valence-corrected chi connectivity index (χ2v) is 6.43. The van der Waals surface area contributed by atoms with Crippen LogP contribution in [0.3, 0.4) is 0 Å². The van der Waals surface area contributed by atoms with Crippen LogP contribution < -0.4 is 0 Å². The van der Waals surface area contributed by atoms with Crippen molar-refractivity contribution in [2.45, 2.75) is 59.5 Å². The number of aliphatic hydroxyl groups excluding tert-OH is 1. The van der Waals surface area contributed by atoms with Crippen LogP contribution in [0.4, 0.5) is 0 Å². The second-order valence-electron chi connectivity index (χ2n) is 6.43. The highest BCUT2D eigenvalue weighted by atomic mass is 16.3. The minimum absolute atomic E-state index is 0.208. The van der Waals surface area contributed by atoms with Crippen LogP contribution in [0, 0.1) is 17.3 Å². The van der Waals surface area contributed by atoms with Crippen LogP contribution in [0.2, 0.25) is 0 Å². The zero-order valence-electron chi connectivity index (χ0n) is 11.4. The molecule has 2 nitrogen and oxygen atoms in total. The van der Waals surface area contributed by atoms with Crippen molar-refractivity contribution in [2.75, 3.05) is 0 Å². The standard InChI is InChI=1S/C15H24O2/c1-9(2)11-7-13-12(6-5-10(3)16)15(13,4)8-14(11)17/h10,12-13,16H,5-8H2,1-4H3/t10?,12?,13?,15-/m0/s1. The monoisotopic (exact) mass is 236 g/mol. The first kappa shape index (κ1) is 12.8. The Kier molecular flexibility index (Phi) is 3.19. The molecule has 1 N–H and O–H groups in total. The quantitative estimate of drug-likeness (QED) is 0.764. The smallest absolute Gasteiger partial charge is 0.159 e. The molecule has 2 rings (SSSR count). The molecular formula is C15H24O2. The zero-order chi connectivity index (χ0) is 12.8. The summed E-state index contributed by atoms with van der Waals surface area (Å²) in [5.41, 5.74) is 2.51. The van der Waals surface area contributed by atoms with E-state index in [2.05, 4.69) is 6.92 Å². The molecule has 0 bridgehead atoms. The molecule has 2 aliphatic rings. The number of rotatable bonds is 3. The Labute approximate surface area is 104 Å². The molecule has 2 aliphatic carbocycles. The van der Waals surface area contributed by atoms with Gasteiger partial charge in [0.2, 0.25) is 0 Å².